The zero-order chi connectivity index (χ0) is 22.8. The monoisotopic (exact) mass is 430 g/mol. The number of ether oxygens (including phenoxy) is 2. The third kappa shape index (κ3) is 7.63. The summed E-state index contributed by atoms with van der Waals surface area (Å²) in [6.07, 6.45) is -2.06. The van der Waals surface area contributed by atoms with Gasteiger partial charge < -0.3 is 30.3 Å². The second-order valence-corrected chi connectivity index (χ2v) is 6.88. The Labute approximate surface area is 180 Å². The Morgan fingerprint density at radius 3 is 2.19 bits per heavy atom. The van der Waals surface area contributed by atoms with Gasteiger partial charge >= 0.3 is 12.1 Å². The molecule has 0 aliphatic heterocycles. The Bertz CT molecular complexity index is 869. The van der Waals surface area contributed by atoms with Crippen LogP contribution < -0.4 is 10.6 Å². The summed E-state index contributed by atoms with van der Waals surface area (Å²) >= 11 is 0. The standard InChI is InChI=1S/C22H26N2O7/c1-14(25)19(24-22(29)31-13-16-6-4-3-5-7-16)20(27)23-18(21(28)30-2)12-15-8-10-17(26)11-9-15/h3-11,14,18-19,25-26H,12-13H2,1-2H3,(H,23,27)(H,24,29)/t14-,18+,19-/m1/s1. The molecule has 166 valence electrons. The van der Waals surface area contributed by atoms with Gasteiger partial charge in [-0.05, 0) is 30.2 Å². The predicted octanol–water partition coefficient (Wildman–Crippen LogP) is 1.27. The summed E-state index contributed by atoms with van der Waals surface area (Å²) < 4.78 is 9.82. The molecule has 0 aliphatic rings. The molecule has 2 aromatic rings. The molecule has 0 aliphatic carbocycles. The van der Waals surface area contributed by atoms with Crippen LogP contribution in [0.15, 0.2) is 54.6 Å². The molecule has 0 aromatic heterocycles. The number of hydrogen-bond donors (Lipinski definition) is 4. The fourth-order valence-corrected chi connectivity index (χ4v) is 2.76. The number of phenolic OH excluding ortho intramolecular Hbond substituents is 1. The lowest BCUT2D eigenvalue weighted by Gasteiger charge is -2.23. The van der Waals surface area contributed by atoms with Gasteiger partial charge in [0.15, 0.2) is 0 Å². The van der Waals surface area contributed by atoms with Crippen LogP contribution in [0.5, 0.6) is 5.75 Å². The predicted molar refractivity (Wildman–Crippen MR) is 111 cm³/mol. The summed E-state index contributed by atoms with van der Waals surface area (Å²) in [6.45, 7) is 1.32. The van der Waals surface area contributed by atoms with Crippen molar-refractivity contribution in [2.75, 3.05) is 7.11 Å². The highest BCUT2D eigenvalue weighted by molar-refractivity contribution is 5.90. The molecule has 0 saturated heterocycles. The smallest absolute Gasteiger partial charge is 0.408 e. The number of aromatic hydroxyl groups is 1. The number of phenols is 1. The van der Waals surface area contributed by atoms with E-state index in [1.807, 2.05) is 6.07 Å². The van der Waals surface area contributed by atoms with Crippen LogP contribution in [0.1, 0.15) is 18.1 Å². The van der Waals surface area contributed by atoms with E-state index in [1.54, 1.807) is 36.4 Å². The molecule has 0 saturated carbocycles. The summed E-state index contributed by atoms with van der Waals surface area (Å²) in [7, 11) is 1.18. The number of carbonyl (C=O) groups is 3. The molecule has 0 unspecified atom stereocenters. The molecule has 0 fully saturated rings. The Morgan fingerprint density at radius 1 is 0.968 bits per heavy atom. The van der Waals surface area contributed by atoms with Crippen LogP contribution in [-0.2, 0) is 32.1 Å². The molecule has 0 bridgehead atoms. The van der Waals surface area contributed by atoms with Crippen molar-refractivity contribution in [1.29, 1.82) is 0 Å². The highest BCUT2D eigenvalue weighted by Gasteiger charge is 2.30. The van der Waals surface area contributed by atoms with E-state index in [0.717, 1.165) is 5.56 Å². The summed E-state index contributed by atoms with van der Waals surface area (Å²) in [6, 6.07) is 12.7. The summed E-state index contributed by atoms with van der Waals surface area (Å²) in [4.78, 5) is 36.9. The molecule has 4 N–H and O–H groups in total. The zero-order valence-corrected chi connectivity index (χ0v) is 17.3. The Balaban J connectivity index is 2.00. The summed E-state index contributed by atoms with van der Waals surface area (Å²) in [5, 5.41) is 24.2. The number of aliphatic hydroxyl groups excluding tert-OH is 1. The number of rotatable bonds is 9. The fourth-order valence-electron chi connectivity index (χ4n) is 2.76. The van der Waals surface area contributed by atoms with E-state index >= 15 is 0 Å². The molecule has 0 spiro atoms. The van der Waals surface area contributed by atoms with Gasteiger partial charge in [0.05, 0.1) is 13.2 Å². The lowest BCUT2D eigenvalue weighted by atomic mass is 10.0. The summed E-state index contributed by atoms with van der Waals surface area (Å²) in [5.74, 6) is -1.41. The molecular formula is C22H26N2O7. The molecule has 0 radical (unpaired) electrons. The molecular weight excluding hydrogens is 404 g/mol. The van der Waals surface area contributed by atoms with Gasteiger partial charge in [0.1, 0.15) is 24.4 Å². The van der Waals surface area contributed by atoms with Crippen LogP contribution in [-0.4, -0.2) is 53.5 Å². The van der Waals surface area contributed by atoms with Crippen molar-refractivity contribution in [2.45, 2.75) is 38.1 Å². The molecule has 31 heavy (non-hydrogen) atoms. The maximum absolute atomic E-state index is 12.7. The Morgan fingerprint density at radius 2 is 1.61 bits per heavy atom. The second kappa shape index (κ2) is 11.6. The van der Waals surface area contributed by atoms with Crippen LogP contribution in [0.2, 0.25) is 0 Å². The van der Waals surface area contributed by atoms with Gasteiger partial charge in [0.25, 0.3) is 0 Å². The number of carbonyl (C=O) groups excluding carboxylic acids is 3. The first-order valence-electron chi connectivity index (χ1n) is 9.61. The minimum absolute atomic E-state index is 0.00748. The van der Waals surface area contributed by atoms with E-state index in [0.29, 0.717) is 5.56 Å². The van der Waals surface area contributed by atoms with E-state index in [9.17, 15) is 24.6 Å². The summed E-state index contributed by atoms with van der Waals surface area (Å²) in [5.41, 5.74) is 1.42. The van der Waals surface area contributed by atoms with E-state index in [-0.39, 0.29) is 18.8 Å². The maximum Gasteiger partial charge on any atom is 0.408 e. The first-order valence-corrected chi connectivity index (χ1v) is 9.61. The van der Waals surface area contributed by atoms with E-state index in [1.165, 1.54) is 26.2 Å². The molecule has 2 aromatic carbocycles. The Kier molecular flexibility index (Phi) is 8.83. The third-order valence-corrected chi connectivity index (χ3v) is 4.43. The average molecular weight is 430 g/mol. The molecule has 0 heterocycles. The number of alkyl carbamates (subject to hydrolysis) is 1. The zero-order valence-electron chi connectivity index (χ0n) is 17.3. The van der Waals surface area contributed by atoms with Crippen molar-refractivity contribution in [3.63, 3.8) is 0 Å². The van der Waals surface area contributed by atoms with E-state index in [4.69, 9.17) is 9.47 Å². The number of aliphatic hydroxyl groups is 1. The molecule has 2 amide bonds. The average Bonchev–Trinajstić information content (AvgIpc) is 2.76. The number of nitrogens with one attached hydrogen (secondary N) is 2. The van der Waals surface area contributed by atoms with Crippen LogP contribution in [0, 0.1) is 0 Å². The lowest BCUT2D eigenvalue weighted by Crippen LogP contribution is -2.56. The largest absolute Gasteiger partial charge is 0.508 e. The van der Waals surface area contributed by atoms with Gasteiger partial charge in [-0.2, -0.15) is 0 Å². The highest BCUT2D eigenvalue weighted by Crippen LogP contribution is 2.12. The molecule has 9 nitrogen and oxygen atoms in total. The van der Waals surface area contributed by atoms with Crippen molar-refractivity contribution in [1.82, 2.24) is 10.6 Å². The van der Waals surface area contributed by atoms with Crippen molar-refractivity contribution in [3.8, 4) is 5.75 Å². The minimum Gasteiger partial charge on any atom is -0.508 e. The fraction of sp³-hybridized carbons (Fsp3) is 0.318. The second-order valence-electron chi connectivity index (χ2n) is 6.88. The highest BCUT2D eigenvalue weighted by atomic mass is 16.5. The first kappa shape index (κ1) is 23.7. The van der Waals surface area contributed by atoms with Gasteiger partial charge in [-0.15, -0.1) is 0 Å². The van der Waals surface area contributed by atoms with Crippen LogP contribution in [0.25, 0.3) is 0 Å². The quantitative estimate of drug-likeness (QED) is 0.440. The maximum atomic E-state index is 12.7. The third-order valence-electron chi connectivity index (χ3n) is 4.43. The number of hydrogen-bond acceptors (Lipinski definition) is 7. The Hall–Kier alpha value is -3.59. The van der Waals surface area contributed by atoms with Crippen LogP contribution in [0.3, 0.4) is 0 Å². The van der Waals surface area contributed by atoms with Crippen molar-refractivity contribution in [3.05, 3.63) is 65.7 Å². The molecule has 3 atom stereocenters. The SMILES string of the molecule is COC(=O)[C@H](Cc1ccc(O)cc1)NC(=O)[C@H](NC(=O)OCc1ccccc1)[C@@H](C)O. The molecule has 9 heteroatoms. The normalized spacial score (nSPS) is 13.4. The number of methoxy groups -OCH3 is 1. The lowest BCUT2D eigenvalue weighted by molar-refractivity contribution is -0.145. The van der Waals surface area contributed by atoms with Gasteiger partial charge in [-0.25, -0.2) is 9.59 Å². The van der Waals surface area contributed by atoms with Crippen molar-refractivity contribution in [2.24, 2.45) is 0 Å². The number of amides is 2. The van der Waals surface area contributed by atoms with E-state index < -0.39 is 36.2 Å². The van der Waals surface area contributed by atoms with Gasteiger partial charge in [0.2, 0.25) is 5.91 Å². The van der Waals surface area contributed by atoms with Gasteiger partial charge in [-0.3, -0.25) is 4.79 Å². The van der Waals surface area contributed by atoms with Crippen molar-refractivity contribution >= 4 is 18.0 Å². The first-order chi connectivity index (χ1) is 14.8. The van der Waals surface area contributed by atoms with Crippen molar-refractivity contribution < 1.29 is 34.1 Å². The number of benzene rings is 2. The number of esters is 1. The van der Waals surface area contributed by atoms with Gasteiger partial charge in [-0.1, -0.05) is 42.5 Å². The van der Waals surface area contributed by atoms with Crippen LogP contribution in [0.4, 0.5) is 4.79 Å². The topological polar surface area (TPSA) is 134 Å². The minimum atomic E-state index is -1.35. The molecule has 2 rings (SSSR count). The van der Waals surface area contributed by atoms with Gasteiger partial charge in [0, 0.05) is 6.42 Å². The van der Waals surface area contributed by atoms with E-state index in [2.05, 4.69) is 10.6 Å². The van der Waals surface area contributed by atoms with Crippen LogP contribution >= 0.6 is 0 Å².